The van der Waals surface area contributed by atoms with E-state index in [0.717, 1.165) is 23.3 Å². The van der Waals surface area contributed by atoms with Crippen LogP contribution in [0.2, 0.25) is 0 Å². The van der Waals surface area contributed by atoms with Gasteiger partial charge in [-0.2, -0.15) is 4.98 Å². The first kappa shape index (κ1) is 24.1. The number of ether oxygens (including phenoxy) is 1. The van der Waals surface area contributed by atoms with Gasteiger partial charge in [0.25, 0.3) is 0 Å². The average molecular weight is 502 g/mol. The molecule has 9 nitrogen and oxygen atoms in total. The smallest absolute Gasteiger partial charge is 0.442 e. The second-order valence-electron chi connectivity index (χ2n) is 7.87. The Morgan fingerprint density at radius 3 is 2.71 bits per heavy atom. The molecule has 4 rings (SSSR count). The van der Waals surface area contributed by atoms with E-state index in [-0.39, 0.29) is 24.5 Å². The number of nitrogens with zero attached hydrogens (tertiary/aromatic N) is 3. The van der Waals surface area contributed by atoms with Crippen molar-refractivity contribution in [2.75, 3.05) is 23.8 Å². The number of carbonyl (C=O) groups is 1. The first-order valence-electron chi connectivity index (χ1n) is 11.0. The van der Waals surface area contributed by atoms with Crippen molar-refractivity contribution in [1.29, 1.82) is 0 Å². The highest BCUT2D eigenvalue weighted by Gasteiger charge is 2.36. The third kappa shape index (κ3) is 5.54. The van der Waals surface area contributed by atoms with E-state index in [9.17, 15) is 14.1 Å². The van der Waals surface area contributed by atoms with Crippen LogP contribution in [0.3, 0.4) is 0 Å². The van der Waals surface area contributed by atoms with Crippen molar-refractivity contribution in [1.82, 2.24) is 9.97 Å². The Hall–Kier alpha value is -3.02. The van der Waals surface area contributed by atoms with E-state index >= 15 is 0 Å². The van der Waals surface area contributed by atoms with Crippen molar-refractivity contribution in [3.05, 3.63) is 48.0 Å². The van der Waals surface area contributed by atoms with E-state index in [1.807, 2.05) is 24.4 Å². The number of nitrogens with one attached hydrogen (secondary N) is 2. The van der Waals surface area contributed by atoms with Gasteiger partial charge in [-0.25, -0.2) is 14.0 Å². The van der Waals surface area contributed by atoms with Crippen LogP contribution in [0, 0.1) is 0 Å². The summed E-state index contributed by atoms with van der Waals surface area (Å²) in [5.74, 6) is 0.989. The molecule has 1 amide bonds. The van der Waals surface area contributed by atoms with Crippen LogP contribution in [-0.4, -0.2) is 49.9 Å². The second-order valence-corrected chi connectivity index (χ2v) is 11.3. The van der Waals surface area contributed by atoms with Gasteiger partial charge in [0.1, 0.15) is 5.82 Å². The van der Waals surface area contributed by atoms with Crippen molar-refractivity contribution < 1.29 is 18.8 Å². The fraction of sp³-hybridized carbons (Fsp3) is 0.348. The van der Waals surface area contributed by atoms with Gasteiger partial charge in [0.05, 0.1) is 28.5 Å². The topological polar surface area (TPSA) is 126 Å². The Morgan fingerprint density at radius 1 is 1.32 bits per heavy atom. The third-order valence-corrected chi connectivity index (χ3v) is 8.78. The second kappa shape index (κ2) is 10.5. The van der Waals surface area contributed by atoms with Crippen LogP contribution in [0.1, 0.15) is 26.7 Å². The molecule has 1 aromatic carbocycles. The van der Waals surface area contributed by atoms with Crippen molar-refractivity contribution in [2.45, 2.75) is 42.9 Å². The van der Waals surface area contributed by atoms with E-state index in [2.05, 4.69) is 25.0 Å². The molecule has 180 valence electrons. The van der Waals surface area contributed by atoms with E-state index in [4.69, 9.17) is 4.74 Å². The largest absolute Gasteiger partial charge is 0.448 e. The van der Waals surface area contributed by atoms with E-state index in [0.29, 0.717) is 22.3 Å². The summed E-state index contributed by atoms with van der Waals surface area (Å²) in [5, 5.41) is 17.7. The number of carbonyl (C=O) groups excluding carboxylic acids is 1. The Labute approximate surface area is 202 Å². The number of rotatable bonds is 9. The van der Waals surface area contributed by atoms with Crippen LogP contribution >= 0.6 is 11.3 Å². The van der Waals surface area contributed by atoms with Gasteiger partial charge in [0.2, 0.25) is 5.95 Å². The van der Waals surface area contributed by atoms with Crippen LogP contribution in [0.15, 0.2) is 57.2 Å². The minimum absolute atomic E-state index is 0.0325. The summed E-state index contributed by atoms with van der Waals surface area (Å²) >= 11 is 1.58. The zero-order valence-corrected chi connectivity index (χ0v) is 20.6. The molecule has 0 aliphatic heterocycles. The molecule has 0 spiro atoms. The molecule has 0 bridgehead atoms. The molecule has 1 unspecified atom stereocenters. The number of thiophene rings is 1. The molecular formula is C23H27N5O4S2. The SMILES string of the molecule is CCOC(=O)N=S(=O)(c1ccc(Nc2ncc(-c3cccs3)c(N[C@H](C)CO)n2)cc1)C1CC1. The maximum Gasteiger partial charge on any atom is 0.442 e. The van der Waals surface area contributed by atoms with Gasteiger partial charge in [0, 0.05) is 32.9 Å². The van der Waals surface area contributed by atoms with Gasteiger partial charge in [-0.15, -0.1) is 15.7 Å². The summed E-state index contributed by atoms with van der Waals surface area (Å²) in [6.45, 7) is 3.71. The van der Waals surface area contributed by atoms with Gasteiger partial charge in [-0.05, 0) is 62.4 Å². The van der Waals surface area contributed by atoms with E-state index in [1.54, 1.807) is 48.7 Å². The van der Waals surface area contributed by atoms with E-state index in [1.165, 1.54) is 0 Å². The summed E-state index contributed by atoms with van der Waals surface area (Å²) in [6.07, 6.45) is 2.49. The van der Waals surface area contributed by atoms with Crippen LogP contribution in [0.4, 0.5) is 22.2 Å². The summed E-state index contributed by atoms with van der Waals surface area (Å²) in [7, 11) is -2.88. The lowest BCUT2D eigenvalue weighted by atomic mass is 10.2. The molecular weight excluding hydrogens is 474 g/mol. The molecule has 1 aliphatic carbocycles. The molecule has 1 saturated carbocycles. The Bertz CT molecular complexity index is 1250. The summed E-state index contributed by atoms with van der Waals surface area (Å²) in [4.78, 5) is 22.5. The van der Waals surface area contributed by atoms with Crippen LogP contribution < -0.4 is 10.6 Å². The maximum absolute atomic E-state index is 13.5. The predicted molar refractivity (Wildman–Crippen MR) is 134 cm³/mol. The first-order chi connectivity index (χ1) is 16.4. The third-order valence-electron chi connectivity index (χ3n) is 5.13. The minimum atomic E-state index is -2.88. The first-order valence-corrected chi connectivity index (χ1v) is 13.5. The number of aliphatic hydroxyl groups excluding tert-OH is 1. The Kier molecular flexibility index (Phi) is 7.44. The van der Waals surface area contributed by atoms with Crippen LogP contribution in [0.25, 0.3) is 10.4 Å². The van der Waals surface area contributed by atoms with Gasteiger partial charge in [-0.1, -0.05) is 6.07 Å². The number of aliphatic hydroxyl groups is 1. The molecule has 3 aromatic rings. The van der Waals surface area contributed by atoms with Crippen molar-refractivity contribution >= 4 is 44.6 Å². The Balaban J connectivity index is 1.58. The Morgan fingerprint density at radius 2 is 2.09 bits per heavy atom. The van der Waals surface area contributed by atoms with Crippen molar-refractivity contribution in [2.24, 2.45) is 4.36 Å². The highest BCUT2D eigenvalue weighted by Crippen LogP contribution is 2.36. The van der Waals surface area contributed by atoms with Crippen molar-refractivity contribution in [3.63, 3.8) is 0 Å². The molecule has 1 aliphatic rings. The summed E-state index contributed by atoms with van der Waals surface area (Å²) in [6, 6.07) is 10.7. The quantitative estimate of drug-likeness (QED) is 0.378. The van der Waals surface area contributed by atoms with Gasteiger partial charge >= 0.3 is 6.09 Å². The van der Waals surface area contributed by atoms with Crippen molar-refractivity contribution in [3.8, 4) is 10.4 Å². The normalized spacial score (nSPS) is 15.7. The molecule has 34 heavy (non-hydrogen) atoms. The maximum atomic E-state index is 13.5. The molecule has 2 atom stereocenters. The highest BCUT2D eigenvalue weighted by molar-refractivity contribution is 7.94. The lowest BCUT2D eigenvalue weighted by Crippen LogP contribution is -2.21. The standard InChI is InChI=1S/C23H27N5O4S2/c1-3-32-23(30)28-34(31,18-10-11-18)17-8-6-16(7-9-17)26-22-24-13-19(20-5-4-12-33-20)21(27-22)25-15(2)14-29/h4-9,12-13,15,18,29H,3,10-11,14H2,1-2H3,(H2,24,25,26,27)/t15-,34?/m1/s1. The molecule has 2 heterocycles. The molecule has 3 N–H and O–H groups in total. The number of hydrogen-bond acceptors (Lipinski definition) is 9. The summed E-state index contributed by atoms with van der Waals surface area (Å²) in [5.41, 5.74) is 1.54. The zero-order chi connectivity index (χ0) is 24.1. The average Bonchev–Trinajstić information content (AvgIpc) is 3.55. The number of benzene rings is 1. The number of amides is 1. The monoisotopic (exact) mass is 501 g/mol. The molecule has 1 fully saturated rings. The zero-order valence-electron chi connectivity index (χ0n) is 18.9. The van der Waals surface area contributed by atoms with Crippen LogP contribution in [-0.2, 0) is 14.5 Å². The van der Waals surface area contributed by atoms with E-state index < -0.39 is 15.8 Å². The lowest BCUT2D eigenvalue weighted by Gasteiger charge is -2.16. The molecule has 0 radical (unpaired) electrons. The lowest BCUT2D eigenvalue weighted by molar-refractivity contribution is 0.164. The van der Waals surface area contributed by atoms with Gasteiger partial charge in [-0.3, -0.25) is 0 Å². The number of hydrogen-bond donors (Lipinski definition) is 3. The van der Waals surface area contributed by atoms with Gasteiger partial charge < -0.3 is 20.5 Å². The summed E-state index contributed by atoms with van der Waals surface area (Å²) < 4.78 is 22.3. The number of aromatic nitrogens is 2. The minimum Gasteiger partial charge on any atom is -0.448 e. The predicted octanol–water partition coefficient (Wildman–Crippen LogP) is 4.89. The molecule has 0 saturated heterocycles. The molecule has 11 heteroatoms. The highest BCUT2D eigenvalue weighted by atomic mass is 32.2. The van der Waals surface area contributed by atoms with Crippen LogP contribution in [0.5, 0.6) is 0 Å². The fourth-order valence-corrected chi connectivity index (χ4v) is 6.23. The molecule has 2 aromatic heterocycles. The number of anilines is 3. The fourth-order valence-electron chi connectivity index (χ4n) is 3.27. The van der Waals surface area contributed by atoms with Gasteiger partial charge in [0.15, 0.2) is 0 Å².